The molecule has 182 valence electrons. The van der Waals surface area contributed by atoms with E-state index >= 15 is 0 Å². The van der Waals surface area contributed by atoms with E-state index in [0.717, 1.165) is 16.7 Å². The molecule has 2 aliphatic heterocycles. The standard InChI is InChI=1S/C25H32N4O4S/c1-18(2)20-7-11-22(12-8-20)34(32,33)28-15-13-27(14-16-28)17-29-23(30)25(4,26-24(29)31)21-9-5-19(3)6-10-21/h5-12,18H,13-17H2,1-4H3,(H,26,31)/t25-/m0/s1. The second kappa shape index (κ2) is 9.13. The number of nitrogens with zero attached hydrogens (tertiary/aromatic N) is 3. The summed E-state index contributed by atoms with van der Waals surface area (Å²) in [4.78, 5) is 29.3. The first kappa shape index (κ1) is 24.4. The van der Waals surface area contributed by atoms with Crippen LogP contribution in [0.3, 0.4) is 0 Å². The molecule has 2 heterocycles. The molecule has 0 spiro atoms. The Morgan fingerprint density at radius 1 is 0.941 bits per heavy atom. The summed E-state index contributed by atoms with van der Waals surface area (Å²) in [5.41, 5.74) is 1.79. The number of imide groups is 1. The van der Waals surface area contributed by atoms with Crippen LogP contribution in [0.2, 0.25) is 0 Å². The van der Waals surface area contributed by atoms with E-state index in [9.17, 15) is 18.0 Å². The van der Waals surface area contributed by atoms with E-state index in [2.05, 4.69) is 19.2 Å². The highest BCUT2D eigenvalue weighted by Gasteiger charge is 2.49. The Labute approximate surface area is 201 Å². The van der Waals surface area contributed by atoms with Crippen molar-refractivity contribution in [3.63, 3.8) is 0 Å². The van der Waals surface area contributed by atoms with E-state index in [0.29, 0.717) is 32.1 Å². The minimum absolute atomic E-state index is 0.128. The highest BCUT2D eigenvalue weighted by Crippen LogP contribution is 2.29. The SMILES string of the molecule is Cc1ccc([C@]2(C)NC(=O)N(CN3CCN(S(=O)(=O)c4ccc(C(C)C)cc4)CC3)C2=O)cc1. The quantitative estimate of drug-likeness (QED) is 0.637. The predicted molar refractivity (Wildman–Crippen MR) is 130 cm³/mol. The molecule has 8 nitrogen and oxygen atoms in total. The van der Waals surface area contributed by atoms with Crippen molar-refractivity contribution in [3.8, 4) is 0 Å². The molecular weight excluding hydrogens is 452 g/mol. The maximum atomic E-state index is 13.2. The number of amides is 3. The number of hydrogen-bond acceptors (Lipinski definition) is 5. The Morgan fingerprint density at radius 3 is 2.09 bits per heavy atom. The molecule has 9 heteroatoms. The average molecular weight is 485 g/mol. The highest BCUT2D eigenvalue weighted by molar-refractivity contribution is 7.89. The molecule has 2 saturated heterocycles. The van der Waals surface area contributed by atoms with E-state index in [-0.39, 0.29) is 17.5 Å². The van der Waals surface area contributed by atoms with E-state index in [1.165, 1.54) is 9.21 Å². The monoisotopic (exact) mass is 484 g/mol. The number of rotatable bonds is 6. The lowest BCUT2D eigenvalue weighted by atomic mass is 9.91. The van der Waals surface area contributed by atoms with Gasteiger partial charge in [-0.3, -0.25) is 9.69 Å². The summed E-state index contributed by atoms with van der Waals surface area (Å²) in [5.74, 6) is 0.0281. The number of hydrogen-bond donors (Lipinski definition) is 1. The van der Waals surface area contributed by atoms with Crippen molar-refractivity contribution < 1.29 is 18.0 Å². The fourth-order valence-corrected chi connectivity index (χ4v) is 5.82. The average Bonchev–Trinajstić information content (AvgIpc) is 3.03. The van der Waals surface area contributed by atoms with Gasteiger partial charge in [0.05, 0.1) is 11.6 Å². The molecule has 3 amide bonds. The molecule has 0 radical (unpaired) electrons. The summed E-state index contributed by atoms with van der Waals surface area (Å²) < 4.78 is 27.6. The smallest absolute Gasteiger partial charge is 0.319 e. The van der Waals surface area contributed by atoms with Gasteiger partial charge in [0, 0.05) is 26.2 Å². The Bertz CT molecular complexity index is 1170. The summed E-state index contributed by atoms with van der Waals surface area (Å²) in [7, 11) is -3.59. The van der Waals surface area contributed by atoms with E-state index < -0.39 is 21.6 Å². The zero-order valence-corrected chi connectivity index (χ0v) is 20.9. The van der Waals surface area contributed by atoms with Crippen LogP contribution in [0.15, 0.2) is 53.4 Å². The molecular formula is C25H32N4O4S. The minimum Gasteiger partial charge on any atom is -0.319 e. The van der Waals surface area contributed by atoms with Gasteiger partial charge in [0.2, 0.25) is 10.0 Å². The largest absolute Gasteiger partial charge is 0.326 e. The van der Waals surface area contributed by atoms with Gasteiger partial charge >= 0.3 is 6.03 Å². The van der Waals surface area contributed by atoms with Crippen molar-refractivity contribution in [2.45, 2.75) is 44.0 Å². The summed E-state index contributed by atoms with van der Waals surface area (Å²) in [6, 6.07) is 14.1. The summed E-state index contributed by atoms with van der Waals surface area (Å²) >= 11 is 0. The zero-order chi connectivity index (χ0) is 24.7. The highest BCUT2D eigenvalue weighted by atomic mass is 32.2. The van der Waals surface area contributed by atoms with Crippen LogP contribution in [0.1, 0.15) is 43.4 Å². The van der Waals surface area contributed by atoms with Crippen LogP contribution in [-0.2, 0) is 20.4 Å². The third kappa shape index (κ3) is 4.47. The van der Waals surface area contributed by atoms with Crippen molar-refractivity contribution in [1.82, 2.24) is 19.4 Å². The summed E-state index contributed by atoms with van der Waals surface area (Å²) in [5, 5.41) is 2.83. The van der Waals surface area contributed by atoms with Crippen LogP contribution >= 0.6 is 0 Å². The second-order valence-corrected chi connectivity index (χ2v) is 11.5. The van der Waals surface area contributed by atoms with Gasteiger partial charge in [0.25, 0.3) is 5.91 Å². The van der Waals surface area contributed by atoms with Crippen molar-refractivity contribution >= 4 is 22.0 Å². The van der Waals surface area contributed by atoms with Crippen LogP contribution in [0.4, 0.5) is 4.79 Å². The zero-order valence-electron chi connectivity index (χ0n) is 20.1. The van der Waals surface area contributed by atoms with Crippen molar-refractivity contribution in [2.75, 3.05) is 32.8 Å². The first-order valence-corrected chi connectivity index (χ1v) is 13.0. The lowest BCUT2D eigenvalue weighted by Gasteiger charge is -2.35. The van der Waals surface area contributed by atoms with Gasteiger partial charge in [-0.1, -0.05) is 55.8 Å². The van der Waals surface area contributed by atoms with E-state index in [1.807, 2.05) is 48.2 Å². The van der Waals surface area contributed by atoms with Crippen LogP contribution in [-0.4, -0.2) is 67.3 Å². The molecule has 2 aliphatic rings. The third-order valence-electron chi connectivity index (χ3n) is 6.76. The van der Waals surface area contributed by atoms with Crippen molar-refractivity contribution in [1.29, 1.82) is 0 Å². The van der Waals surface area contributed by atoms with Crippen LogP contribution in [0.5, 0.6) is 0 Å². The predicted octanol–water partition coefficient (Wildman–Crippen LogP) is 2.85. The normalized spacial score (nSPS) is 22.4. The number of nitrogens with one attached hydrogen (secondary N) is 1. The first-order valence-electron chi connectivity index (χ1n) is 11.6. The number of sulfonamides is 1. The van der Waals surface area contributed by atoms with Crippen molar-refractivity contribution in [3.05, 3.63) is 65.2 Å². The Balaban J connectivity index is 1.39. The third-order valence-corrected chi connectivity index (χ3v) is 8.67. The molecule has 1 atom stereocenters. The topological polar surface area (TPSA) is 90.0 Å². The second-order valence-electron chi connectivity index (χ2n) is 9.54. The Hall–Kier alpha value is -2.75. The van der Waals surface area contributed by atoms with E-state index in [1.54, 1.807) is 19.1 Å². The number of piperazine rings is 1. The number of urea groups is 1. The van der Waals surface area contributed by atoms with Gasteiger partial charge < -0.3 is 5.32 Å². The Morgan fingerprint density at radius 2 is 1.53 bits per heavy atom. The fraction of sp³-hybridized carbons (Fsp3) is 0.440. The summed E-state index contributed by atoms with van der Waals surface area (Å²) in [6.07, 6.45) is 0. The number of carbonyl (C=O) groups is 2. The molecule has 0 bridgehead atoms. The van der Waals surface area contributed by atoms with Gasteiger partial charge in [-0.05, 0) is 43.0 Å². The lowest BCUT2D eigenvalue weighted by molar-refractivity contribution is -0.132. The lowest BCUT2D eigenvalue weighted by Crippen LogP contribution is -2.52. The van der Waals surface area contributed by atoms with Crippen molar-refractivity contribution in [2.24, 2.45) is 0 Å². The number of benzene rings is 2. The number of aryl methyl sites for hydroxylation is 1. The van der Waals surface area contributed by atoms with Gasteiger partial charge in [0.1, 0.15) is 5.54 Å². The molecule has 4 rings (SSSR count). The molecule has 34 heavy (non-hydrogen) atoms. The summed E-state index contributed by atoms with van der Waals surface area (Å²) in [6.45, 7) is 9.41. The van der Waals surface area contributed by atoms with E-state index in [4.69, 9.17) is 0 Å². The molecule has 1 N–H and O–H groups in total. The molecule has 0 saturated carbocycles. The van der Waals surface area contributed by atoms with Crippen LogP contribution in [0, 0.1) is 6.92 Å². The molecule has 0 unspecified atom stereocenters. The van der Waals surface area contributed by atoms with Crippen LogP contribution < -0.4 is 5.32 Å². The molecule has 2 aromatic carbocycles. The Kier molecular flexibility index (Phi) is 6.54. The first-order chi connectivity index (χ1) is 16.0. The number of carbonyl (C=O) groups excluding carboxylic acids is 2. The van der Waals surface area contributed by atoms with Gasteiger partial charge in [-0.15, -0.1) is 0 Å². The van der Waals surface area contributed by atoms with Gasteiger partial charge in [-0.2, -0.15) is 4.31 Å². The molecule has 0 aliphatic carbocycles. The maximum absolute atomic E-state index is 13.2. The van der Waals surface area contributed by atoms with Crippen LogP contribution in [0.25, 0.3) is 0 Å². The van der Waals surface area contributed by atoms with Gasteiger partial charge in [-0.25, -0.2) is 18.1 Å². The fourth-order valence-electron chi connectivity index (χ4n) is 4.39. The maximum Gasteiger partial charge on any atom is 0.326 e. The minimum atomic E-state index is -3.59. The molecule has 2 fully saturated rings. The molecule has 0 aromatic heterocycles. The molecule has 2 aromatic rings. The van der Waals surface area contributed by atoms with Gasteiger partial charge in [0.15, 0.2) is 0 Å².